The van der Waals surface area contributed by atoms with E-state index < -0.39 is 13.9 Å². The summed E-state index contributed by atoms with van der Waals surface area (Å²) in [5.41, 5.74) is -1.02. The van der Waals surface area contributed by atoms with Crippen LogP contribution in [0.4, 0.5) is 0 Å². The number of benzene rings is 2. The average molecular weight is 429 g/mol. The monoisotopic (exact) mass is 428 g/mol. The first-order valence-electron chi connectivity index (χ1n) is 11.0. The molecule has 0 radical (unpaired) electrons. The topological polar surface area (TPSA) is 38.7 Å². The Labute approximate surface area is 184 Å². The number of rotatable bonds is 10. The van der Waals surface area contributed by atoms with E-state index in [1.165, 1.54) is 10.4 Å². The van der Waals surface area contributed by atoms with E-state index >= 15 is 0 Å². The van der Waals surface area contributed by atoms with Crippen LogP contribution in [0.1, 0.15) is 61.3 Å². The molecule has 0 aliphatic heterocycles. The van der Waals surface area contributed by atoms with Crippen molar-refractivity contribution in [3.8, 4) is 0 Å². The molecule has 0 atom stereocenters. The maximum atomic E-state index is 9.94. The Morgan fingerprint density at radius 1 is 0.700 bits per heavy atom. The highest BCUT2D eigenvalue weighted by Crippen LogP contribution is 2.37. The Morgan fingerprint density at radius 3 is 1.57 bits per heavy atom. The molecule has 0 spiro atoms. The summed E-state index contributed by atoms with van der Waals surface area (Å²) in [7, 11) is -2.51. The largest absolute Gasteiger partial charge is 0.407 e. The van der Waals surface area contributed by atoms with Crippen molar-refractivity contribution in [2.75, 3.05) is 13.2 Å². The lowest BCUT2D eigenvalue weighted by atomic mass is 10.0. The minimum Gasteiger partial charge on any atom is -0.407 e. The van der Waals surface area contributed by atoms with Crippen molar-refractivity contribution in [1.29, 1.82) is 0 Å². The molecule has 0 aliphatic carbocycles. The Hall–Kier alpha value is -1.46. The van der Waals surface area contributed by atoms with E-state index in [1.807, 2.05) is 13.8 Å². The van der Waals surface area contributed by atoms with Crippen molar-refractivity contribution >= 4 is 18.7 Å². The van der Waals surface area contributed by atoms with Crippen LogP contribution in [0.5, 0.6) is 0 Å². The molecule has 1 N–H and O–H groups in total. The maximum absolute atomic E-state index is 9.94. The minimum atomic E-state index is -2.51. The van der Waals surface area contributed by atoms with Gasteiger partial charge in [0.15, 0.2) is 0 Å². The number of aliphatic hydroxyl groups is 1. The summed E-state index contributed by atoms with van der Waals surface area (Å²) in [5, 5.41) is 12.5. The van der Waals surface area contributed by atoms with Crippen LogP contribution in [0.15, 0.2) is 60.7 Å². The Kier molecular flexibility index (Phi) is 8.08. The fourth-order valence-electron chi connectivity index (χ4n) is 3.86. The lowest BCUT2D eigenvalue weighted by Crippen LogP contribution is -2.66. The Balaban J connectivity index is 2.25. The maximum Gasteiger partial charge on any atom is 0.261 e. The van der Waals surface area contributed by atoms with Gasteiger partial charge in [-0.3, -0.25) is 0 Å². The SMILES string of the molecule is CC(C)(O)CCOC(C)(C)CCO[Si](c1ccccc1)(c1ccccc1)C(C)(C)C. The molecule has 2 aromatic carbocycles. The molecular weight excluding hydrogens is 388 g/mol. The van der Waals surface area contributed by atoms with Crippen molar-refractivity contribution in [2.45, 2.75) is 77.5 Å². The third-order valence-corrected chi connectivity index (χ3v) is 10.7. The Bertz CT molecular complexity index is 719. The van der Waals surface area contributed by atoms with Crippen molar-refractivity contribution in [1.82, 2.24) is 0 Å². The van der Waals surface area contributed by atoms with Gasteiger partial charge < -0.3 is 14.3 Å². The second-order valence-electron chi connectivity index (χ2n) is 10.4. The quantitative estimate of drug-likeness (QED) is 0.547. The van der Waals surface area contributed by atoms with Crippen LogP contribution in [0.25, 0.3) is 0 Å². The third kappa shape index (κ3) is 6.52. The van der Waals surface area contributed by atoms with Crippen molar-refractivity contribution in [3.63, 3.8) is 0 Å². The predicted molar refractivity (Wildman–Crippen MR) is 129 cm³/mol. The molecule has 0 amide bonds. The summed E-state index contributed by atoms with van der Waals surface area (Å²) in [6.07, 6.45) is 1.41. The predicted octanol–water partition coefficient (Wildman–Crippen LogP) is 4.91. The fraction of sp³-hybridized carbons (Fsp3) is 0.538. The van der Waals surface area contributed by atoms with Crippen molar-refractivity contribution < 1.29 is 14.3 Å². The molecule has 2 aromatic rings. The number of hydrogen-bond acceptors (Lipinski definition) is 3. The first-order valence-corrected chi connectivity index (χ1v) is 12.9. The van der Waals surface area contributed by atoms with E-state index in [-0.39, 0.29) is 10.6 Å². The van der Waals surface area contributed by atoms with Crippen LogP contribution in [-0.2, 0) is 9.16 Å². The van der Waals surface area contributed by atoms with Crippen LogP contribution in [0.3, 0.4) is 0 Å². The molecule has 166 valence electrons. The van der Waals surface area contributed by atoms with E-state index in [1.54, 1.807) is 0 Å². The molecule has 0 aliphatic rings. The fourth-order valence-corrected chi connectivity index (χ4v) is 8.42. The van der Waals surface area contributed by atoms with Gasteiger partial charge in [-0.25, -0.2) is 0 Å². The average Bonchev–Trinajstić information content (AvgIpc) is 2.64. The van der Waals surface area contributed by atoms with Gasteiger partial charge in [-0.2, -0.15) is 0 Å². The molecular formula is C26H40O3Si. The van der Waals surface area contributed by atoms with Crippen LogP contribution in [0, 0.1) is 0 Å². The standard InChI is InChI=1S/C26H40O3Si/c1-24(2,3)30(22-14-10-8-11-15-22,23-16-12-9-13-17-23)29-21-19-26(6,7)28-20-18-25(4,5)27/h8-17,27H,18-21H2,1-7H3. The first-order chi connectivity index (χ1) is 13.9. The molecule has 2 rings (SSSR count). The van der Waals surface area contributed by atoms with Gasteiger partial charge in [0.25, 0.3) is 8.32 Å². The smallest absolute Gasteiger partial charge is 0.261 e. The zero-order chi connectivity index (χ0) is 22.5. The van der Waals surface area contributed by atoms with Crippen molar-refractivity contribution in [3.05, 3.63) is 60.7 Å². The lowest BCUT2D eigenvalue weighted by molar-refractivity contribution is -0.0551. The summed E-state index contributed by atoms with van der Waals surface area (Å²) in [6.45, 7) is 15.9. The molecule has 0 saturated carbocycles. The van der Waals surface area contributed by atoms with Crippen LogP contribution in [-0.4, -0.2) is 37.8 Å². The van der Waals surface area contributed by atoms with Gasteiger partial charge in [0.05, 0.1) is 17.8 Å². The normalized spacial score (nSPS) is 13.5. The summed E-state index contributed by atoms with van der Waals surface area (Å²) in [6, 6.07) is 21.4. The molecule has 30 heavy (non-hydrogen) atoms. The lowest BCUT2D eigenvalue weighted by Gasteiger charge is -2.43. The van der Waals surface area contributed by atoms with Gasteiger partial charge in [-0.15, -0.1) is 0 Å². The molecule has 0 bridgehead atoms. The van der Waals surface area contributed by atoms with Gasteiger partial charge in [-0.05, 0) is 55.9 Å². The molecule has 0 fully saturated rings. The van der Waals surface area contributed by atoms with Crippen LogP contribution >= 0.6 is 0 Å². The van der Waals surface area contributed by atoms with Crippen LogP contribution in [0.2, 0.25) is 5.04 Å². The summed E-state index contributed by atoms with van der Waals surface area (Å²) in [4.78, 5) is 0. The highest BCUT2D eigenvalue weighted by Gasteiger charge is 2.50. The highest BCUT2D eigenvalue weighted by molar-refractivity contribution is 6.99. The first kappa shape index (κ1) is 24.8. The zero-order valence-electron chi connectivity index (χ0n) is 19.9. The molecule has 0 heterocycles. The number of hydrogen-bond donors (Lipinski definition) is 1. The van der Waals surface area contributed by atoms with E-state index in [2.05, 4.69) is 95.3 Å². The summed E-state index contributed by atoms with van der Waals surface area (Å²) < 4.78 is 13.1. The van der Waals surface area contributed by atoms with Gasteiger partial charge >= 0.3 is 0 Å². The van der Waals surface area contributed by atoms with Gasteiger partial charge in [-0.1, -0.05) is 81.4 Å². The van der Waals surface area contributed by atoms with Gasteiger partial charge in [0, 0.05) is 6.61 Å². The van der Waals surface area contributed by atoms with Gasteiger partial charge in [0.1, 0.15) is 0 Å². The van der Waals surface area contributed by atoms with Gasteiger partial charge in [0.2, 0.25) is 0 Å². The van der Waals surface area contributed by atoms with E-state index in [9.17, 15) is 5.11 Å². The zero-order valence-corrected chi connectivity index (χ0v) is 20.9. The molecule has 4 heteroatoms. The van der Waals surface area contributed by atoms with E-state index in [0.717, 1.165) is 6.42 Å². The minimum absolute atomic E-state index is 0.0262. The van der Waals surface area contributed by atoms with E-state index in [0.29, 0.717) is 19.6 Å². The van der Waals surface area contributed by atoms with Crippen molar-refractivity contribution in [2.24, 2.45) is 0 Å². The molecule has 0 aromatic heterocycles. The second kappa shape index (κ2) is 9.78. The van der Waals surface area contributed by atoms with E-state index in [4.69, 9.17) is 9.16 Å². The Morgan fingerprint density at radius 2 is 1.17 bits per heavy atom. The molecule has 0 unspecified atom stereocenters. The second-order valence-corrected chi connectivity index (χ2v) is 14.7. The number of ether oxygens (including phenoxy) is 1. The summed E-state index contributed by atoms with van der Waals surface area (Å²) in [5.74, 6) is 0. The molecule has 3 nitrogen and oxygen atoms in total. The third-order valence-electron chi connectivity index (χ3n) is 5.65. The molecule has 0 saturated heterocycles. The summed E-state index contributed by atoms with van der Waals surface area (Å²) >= 11 is 0. The van der Waals surface area contributed by atoms with Crippen LogP contribution < -0.4 is 10.4 Å². The highest BCUT2D eigenvalue weighted by atomic mass is 28.4.